The van der Waals surface area contributed by atoms with Crippen LogP contribution >= 0.6 is 0 Å². The molecule has 1 N–H and O–H groups in total. The van der Waals surface area contributed by atoms with E-state index in [-0.39, 0.29) is 35.3 Å². The number of carbonyl (C=O) groups is 1. The molecule has 1 aromatic heterocycles. The Balaban J connectivity index is 1.35. The minimum absolute atomic E-state index is 0.00610. The number of rotatable bonds is 5. The van der Waals surface area contributed by atoms with Crippen LogP contribution in [0.3, 0.4) is 0 Å². The molecular weight excluding hydrogens is 437 g/mol. The monoisotopic (exact) mass is 469 g/mol. The van der Waals surface area contributed by atoms with Crippen LogP contribution in [-0.4, -0.2) is 40.0 Å². The number of nitrogens with one attached hydrogen (secondary N) is 1. The summed E-state index contributed by atoms with van der Waals surface area (Å²) in [5.41, 5.74) is 3.12. The lowest BCUT2D eigenvalue weighted by Gasteiger charge is -2.53. The van der Waals surface area contributed by atoms with E-state index < -0.39 is 0 Å². The first kappa shape index (κ1) is 22.4. The maximum absolute atomic E-state index is 14.2. The van der Waals surface area contributed by atoms with Gasteiger partial charge >= 0.3 is 0 Å². The number of benzene rings is 2. The van der Waals surface area contributed by atoms with E-state index in [1.807, 2.05) is 30.3 Å². The Kier molecular flexibility index (Phi) is 5.68. The van der Waals surface area contributed by atoms with Gasteiger partial charge in [0.05, 0.1) is 6.04 Å². The number of halogens is 1. The minimum atomic E-state index is -0.242. The van der Waals surface area contributed by atoms with Gasteiger partial charge in [-0.15, -0.1) is 0 Å². The molecule has 2 bridgehead atoms. The van der Waals surface area contributed by atoms with Crippen LogP contribution in [0.15, 0.2) is 72.8 Å². The van der Waals surface area contributed by atoms with Crippen LogP contribution in [0.5, 0.6) is 0 Å². The molecular formula is C30H32FN3O. The third kappa shape index (κ3) is 3.96. The van der Waals surface area contributed by atoms with E-state index in [2.05, 4.69) is 41.4 Å². The number of hydrogen-bond donors (Lipinski definition) is 1. The number of hydrogen-bond acceptors (Lipinski definition) is 3. The first-order valence-electron chi connectivity index (χ1n) is 12.8. The van der Waals surface area contributed by atoms with E-state index in [1.165, 1.54) is 18.1 Å². The molecule has 3 aliphatic rings. The van der Waals surface area contributed by atoms with Crippen molar-refractivity contribution in [3.05, 3.63) is 101 Å². The fourth-order valence-corrected chi connectivity index (χ4v) is 6.93. The number of pyridine rings is 1. The number of aromatic nitrogens is 1. The van der Waals surface area contributed by atoms with Gasteiger partial charge in [0.15, 0.2) is 0 Å². The minimum Gasteiger partial charge on any atom is -0.329 e. The highest BCUT2D eigenvalue weighted by Gasteiger charge is 2.60. The van der Waals surface area contributed by atoms with E-state index in [1.54, 1.807) is 12.1 Å². The Morgan fingerprint density at radius 2 is 1.86 bits per heavy atom. The smallest absolute Gasteiger partial charge is 0.273 e. The lowest BCUT2D eigenvalue weighted by Crippen LogP contribution is -2.62. The summed E-state index contributed by atoms with van der Waals surface area (Å²) in [5.74, 6) is -0.236. The van der Waals surface area contributed by atoms with Gasteiger partial charge in [-0.3, -0.25) is 4.79 Å². The second-order valence-electron chi connectivity index (χ2n) is 10.7. The number of likely N-dealkylation sites (tertiary alicyclic amines) is 1. The zero-order valence-electron chi connectivity index (χ0n) is 20.2. The van der Waals surface area contributed by atoms with E-state index in [9.17, 15) is 9.18 Å². The molecule has 5 atom stereocenters. The molecule has 35 heavy (non-hydrogen) atoms. The number of piperidine rings is 1. The standard InChI is InChI=1S/C30H32FN3O/c1-30-19-25-26(17-20-9-3-2-4-10-20)34(28(30)16-8-15-27(30)33-25)29(35)24-14-7-12-22(32-24)18-21-11-5-6-13-23(21)31/h2-7,9-14,25-28,33H,8,15-19H2,1H3/t25-,26-,27-,28+,30-/m0/s1. The fraction of sp³-hybridized carbons (Fsp3) is 0.400. The van der Waals surface area contributed by atoms with Gasteiger partial charge in [-0.25, -0.2) is 9.37 Å². The Labute approximate surface area is 206 Å². The number of fused-ring (bicyclic) bond motifs is 1. The van der Waals surface area contributed by atoms with Gasteiger partial charge in [0.2, 0.25) is 0 Å². The van der Waals surface area contributed by atoms with E-state index in [4.69, 9.17) is 4.98 Å². The summed E-state index contributed by atoms with van der Waals surface area (Å²) in [5, 5.41) is 3.93. The molecule has 0 radical (unpaired) electrons. The molecule has 180 valence electrons. The molecule has 0 spiro atoms. The van der Waals surface area contributed by atoms with Gasteiger partial charge in [-0.2, -0.15) is 0 Å². The largest absolute Gasteiger partial charge is 0.329 e. The van der Waals surface area contributed by atoms with Crippen LogP contribution < -0.4 is 5.32 Å². The van der Waals surface area contributed by atoms with Crippen molar-refractivity contribution in [2.75, 3.05) is 0 Å². The Morgan fingerprint density at radius 3 is 2.69 bits per heavy atom. The number of carbonyl (C=O) groups excluding carboxylic acids is 1. The van der Waals surface area contributed by atoms with Crippen LogP contribution in [0, 0.1) is 11.2 Å². The maximum atomic E-state index is 14.2. The first-order valence-corrected chi connectivity index (χ1v) is 12.8. The number of nitrogens with zero attached hydrogens (tertiary/aromatic N) is 2. The molecule has 4 nitrogen and oxygen atoms in total. The summed E-state index contributed by atoms with van der Waals surface area (Å²) in [4.78, 5) is 21.1. The Bertz CT molecular complexity index is 1230. The summed E-state index contributed by atoms with van der Waals surface area (Å²) in [6.07, 6.45) is 5.66. The van der Waals surface area contributed by atoms with Crippen LogP contribution in [0.2, 0.25) is 0 Å². The van der Waals surface area contributed by atoms with Crippen LogP contribution in [0.4, 0.5) is 4.39 Å². The topological polar surface area (TPSA) is 45.2 Å². The van der Waals surface area contributed by atoms with Gasteiger partial charge in [-0.1, -0.05) is 61.5 Å². The summed E-state index contributed by atoms with van der Waals surface area (Å²) >= 11 is 0. The molecule has 2 aliphatic heterocycles. The molecule has 3 heterocycles. The summed E-state index contributed by atoms with van der Waals surface area (Å²) in [7, 11) is 0. The van der Waals surface area contributed by atoms with Crippen molar-refractivity contribution in [1.29, 1.82) is 0 Å². The zero-order chi connectivity index (χ0) is 24.0. The Morgan fingerprint density at radius 1 is 1.06 bits per heavy atom. The van der Waals surface area contributed by atoms with Gasteiger partial charge in [0.1, 0.15) is 11.5 Å². The van der Waals surface area contributed by atoms with E-state index in [0.29, 0.717) is 29.4 Å². The predicted molar refractivity (Wildman–Crippen MR) is 135 cm³/mol. The molecule has 3 fully saturated rings. The summed E-state index contributed by atoms with van der Waals surface area (Å²) < 4.78 is 14.2. The van der Waals surface area contributed by atoms with Crippen LogP contribution in [0.1, 0.15) is 59.9 Å². The highest BCUT2D eigenvalue weighted by Crippen LogP contribution is 2.52. The third-order valence-electron chi connectivity index (χ3n) is 8.64. The quantitative estimate of drug-likeness (QED) is 0.561. The molecule has 1 aliphatic carbocycles. The molecule has 2 saturated heterocycles. The van der Waals surface area contributed by atoms with Crippen molar-refractivity contribution in [3.63, 3.8) is 0 Å². The number of amides is 1. The van der Waals surface area contributed by atoms with Gasteiger partial charge < -0.3 is 10.2 Å². The van der Waals surface area contributed by atoms with Gasteiger partial charge in [0, 0.05) is 35.7 Å². The SMILES string of the molecule is C[C@]12C[C@@H]3N[C@H]1CCC[C@H]2N(C(=O)c1cccc(Cc2ccccc2F)n1)[C@H]3Cc1ccccc1. The predicted octanol–water partition coefficient (Wildman–Crippen LogP) is 5.17. The van der Waals surface area contributed by atoms with Crippen LogP contribution in [0.25, 0.3) is 0 Å². The molecule has 1 saturated carbocycles. The highest BCUT2D eigenvalue weighted by molar-refractivity contribution is 5.93. The van der Waals surface area contributed by atoms with Crippen molar-refractivity contribution < 1.29 is 9.18 Å². The van der Waals surface area contributed by atoms with Gasteiger partial charge in [0.25, 0.3) is 5.91 Å². The lowest BCUT2D eigenvalue weighted by atomic mass is 9.64. The maximum Gasteiger partial charge on any atom is 0.273 e. The first-order chi connectivity index (χ1) is 17.0. The summed E-state index contributed by atoms with van der Waals surface area (Å²) in [6.45, 7) is 2.37. The van der Waals surface area contributed by atoms with Crippen molar-refractivity contribution in [3.8, 4) is 0 Å². The zero-order valence-corrected chi connectivity index (χ0v) is 20.2. The van der Waals surface area contributed by atoms with Gasteiger partial charge in [-0.05, 0) is 61.4 Å². The molecule has 2 aromatic carbocycles. The second-order valence-corrected chi connectivity index (χ2v) is 10.7. The summed E-state index contributed by atoms with van der Waals surface area (Å²) in [6, 6.07) is 23.9. The molecule has 5 heteroatoms. The van der Waals surface area contributed by atoms with Crippen LogP contribution in [-0.2, 0) is 12.8 Å². The average Bonchev–Trinajstić information content (AvgIpc) is 3.22. The molecule has 6 rings (SSSR count). The van der Waals surface area contributed by atoms with Crippen molar-refractivity contribution in [1.82, 2.24) is 15.2 Å². The average molecular weight is 470 g/mol. The van der Waals surface area contributed by atoms with Crippen molar-refractivity contribution in [2.45, 2.75) is 69.6 Å². The fourth-order valence-electron chi connectivity index (χ4n) is 6.93. The Hall–Kier alpha value is -3.05. The second kappa shape index (κ2) is 8.87. The molecule has 1 amide bonds. The third-order valence-corrected chi connectivity index (χ3v) is 8.64. The van der Waals surface area contributed by atoms with Crippen molar-refractivity contribution in [2.24, 2.45) is 5.41 Å². The lowest BCUT2D eigenvalue weighted by molar-refractivity contribution is -0.0115. The molecule has 3 aromatic rings. The van der Waals surface area contributed by atoms with Crippen molar-refractivity contribution >= 4 is 5.91 Å². The normalized spacial score (nSPS) is 29.3. The van der Waals surface area contributed by atoms with E-state index >= 15 is 0 Å². The van der Waals surface area contributed by atoms with E-state index in [0.717, 1.165) is 25.7 Å². The highest BCUT2D eigenvalue weighted by atomic mass is 19.1. The molecule has 0 unspecified atom stereocenters.